The average molecular weight is 449 g/mol. The Morgan fingerprint density at radius 1 is 1.19 bits per heavy atom. The lowest BCUT2D eigenvalue weighted by Crippen LogP contribution is -2.42. The van der Waals surface area contributed by atoms with Crippen LogP contribution in [0.25, 0.3) is 0 Å². The van der Waals surface area contributed by atoms with Crippen molar-refractivity contribution in [1.82, 2.24) is 14.1 Å². The smallest absolute Gasteiger partial charge is 0.339 e. The second-order valence-electron chi connectivity index (χ2n) is 7.45. The molecule has 1 fully saturated rings. The molecule has 1 aliphatic heterocycles. The summed E-state index contributed by atoms with van der Waals surface area (Å²) in [6.07, 6.45) is 4.44. The molecule has 3 rings (SSSR count). The zero-order valence-corrected chi connectivity index (χ0v) is 18.6. The zero-order valence-electron chi connectivity index (χ0n) is 17.8. The third-order valence-corrected chi connectivity index (χ3v) is 7.38. The van der Waals surface area contributed by atoms with Gasteiger partial charge in [0, 0.05) is 31.6 Å². The van der Waals surface area contributed by atoms with Crippen molar-refractivity contribution in [2.24, 2.45) is 5.92 Å². The maximum absolute atomic E-state index is 13.1. The quantitative estimate of drug-likeness (QED) is 0.621. The molecule has 2 heterocycles. The Morgan fingerprint density at radius 3 is 2.58 bits per heavy atom. The van der Waals surface area contributed by atoms with Gasteiger partial charge < -0.3 is 10.1 Å². The van der Waals surface area contributed by atoms with Gasteiger partial charge in [0.15, 0.2) is 0 Å². The van der Waals surface area contributed by atoms with E-state index in [0.717, 1.165) is 19.4 Å². The van der Waals surface area contributed by atoms with Crippen LogP contribution in [0.4, 0.5) is 5.82 Å². The van der Waals surface area contributed by atoms with Gasteiger partial charge in [-0.2, -0.15) is 9.40 Å². The summed E-state index contributed by atoms with van der Waals surface area (Å²) in [7, 11) is -2.66. The van der Waals surface area contributed by atoms with Crippen LogP contribution < -0.4 is 5.32 Å². The monoisotopic (exact) mass is 448 g/mol. The Bertz CT molecular complexity index is 1030. The minimum Gasteiger partial charge on any atom is -0.465 e. The fourth-order valence-corrected chi connectivity index (χ4v) is 5.27. The molecule has 0 radical (unpaired) electrons. The van der Waals surface area contributed by atoms with Crippen LogP contribution in [0, 0.1) is 5.92 Å². The molecule has 168 valence electrons. The molecule has 1 aliphatic rings. The van der Waals surface area contributed by atoms with E-state index in [2.05, 4.69) is 17.3 Å². The number of amides is 1. The predicted octanol–water partition coefficient (Wildman–Crippen LogP) is 2.51. The van der Waals surface area contributed by atoms with Crippen LogP contribution in [0.1, 0.15) is 43.0 Å². The van der Waals surface area contributed by atoms with Gasteiger partial charge in [0.2, 0.25) is 15.9 Å². The highest BCUT2D eigenvalue weighted by atomic mass is 32.2. The molecule has 0 aliphatic carbocycles. The van der Waals surface area contributed by atoms with E-state index in [1.165, 1.54) is 23.5 Å². The lowest BCUT2D eigenvalue weighted by molar-refractivity contribution is -0.121. The highest BCUT2D eigenvalue weighted by Crippen LogP contribution is 2.27. The Kier molecular flexibility index (Phi) is 7.45. The number of nitrogens with zero attached hydrogens (tertiary/aromatic N) is 3. The molecule has 9 nitrogen and oxygen atoms in total. The van der Waals surface area contributed by atoms with Gasteiger partial charge in [-0.15, -0.1) is 0 Å². The van der Waals surface area contributed by atoms with E-state index >= 15 is 0 Å². The summed E-state index contributed by atoms with van der Waals surface area (Å²) in [4.78, 5) is 24.6. The van der Waals surface area contributed by atoms with Crippen molar-refractivity contribution in [2.75, 3.05) is 25.5 Å². The molecule has 0 saturated carbocycles. The van der Waals surface area contributed by atoms with Crippen molar-refractivity contribution in [2.45, 2.75) is 44.0 Å². The van der Waals surface area contributed by atoms with Crippen LogP contribution in [0.2, 0.25) is 0 Å². The topological polar surface area (TPSA) is 111 Å². The van der Waals surface area contributed by atoms with Crippen molar-refractivity contribution >= 4 is 27.7 Å². The fraction of sp³-hybridized carbons (Fsp3) is 0.476. The highest BCUT2D eigenvalue weighted by Gasteiger charge is 2.34. The molecule has 1 N–H and O–H groups in total. The summed E-state index contributed by atoms with van der Waals surface area (Å²) < 4.78 is 34.0. The zero-order chi connectivity index (χ0) is 22.4. The van der Waals surface area contributed by atoms with Crippen LogP contribution in [0.5, 0.6) is 0 Å². The number of hydrogen-bond acceptors (Lipinski definition) is 6. The lowest BCUT2D eigenvalue weighted by Gasteiger charge is -2.31. The molecule has 1 aromatic carbocycles. The third-order valence-electron chi connectivity index (χ3n) is 5.43. The van der Waals surface area contributed by atoms with E-state index in [1.54, 1.807) is 29.1 Å². The number of carbonyl (C=O) groups is 2. The lowest BCUT2D eigenvalue weighted by atomic mass is 9.97. The molecule has 0 unspecified atom stereocenters. The van der Waals surface area contributed by atoms with Crippen molar-refractivity contribution in [3.8, 4) is 0 Å². The van der Waals surface area contributed by atoms with Crippen molar-refractivity contribution in [1.29, 1.82) is 0 Å². The number of carbonyl (C=O) groups excluding carboxylic acids is 2. The summed E-state index contributed by atoms with van der Waals surface area (Å²) in [6.45, 7) is 3.22. The van der Waals surface area contributed by atoms with Crippen LogP contribution >= 0.6 is 0 Å². The standard InChI is InChI=1S/C21H28N4O5S/c1-3-4-13-25-19(9-12-22-25)23-20(26)16-10-14-24(15-11-16)31(28,29)18-8-6-5-7-17(18)21(27)30-2/h5-9,12,16H,3-4,10-11,13-15H2,1-2H3,(H,23,26). The molecule has 10 heteroatoms. The molecule has 31 heavy (non-hydrogen) atoms. The average Bonchev–Trinajstić information content (AvgIpc) is 3.23. The van der Waals surface area contributed by atoms with Crippen LogP contribution in [0.15, 0.2) is 41.4 Å². The normalized spacial score (nSPS) is 15.5. The van der Waals surface area contributed by atoms with E-state index in [4.69, 9.17) is 4.74 Å². The van der Waals surface area contributed by atoms with Crippen LogP contribution in [-0.2, 0) is 26.1 Å². The molecule has 1 amide bonds. The number of hydrogen-bond donors (Lipinski definition) is 1. The first kappa shape index (κ1) is 23.0. The molecule has 0 atom stereocenters. The first-order valence-electron chi connectivity index (χ1n) is 10.4. The van der Waals surface area contributed by atoms with Gasteiger partial charge in [0.1, 0.15) is 5.82 Å². The number of ether oxygens (including phenoxy) is 1. The number of benzene rings is 1. The van der Waals surface area contributed by atoms with Crippen LogP contribution in [0.3, 0.4) is 0 Å². The number of unbranched alkanes of at least 4 members (excludes halogenated alkanes) is 1. The maximum atomic E-state index is 13.1. The highest BCUT2D eigenvalue weighted by molar-refractivity contribution is 7.89. The maximum Gasteiger partial charge on any atom is 0.339 e. The number of sulfonamides is 1. The molecular weight excluding hydrogens is 420 g/mol. The predicted molar refractivity (Wildman–Crippen MR) is 115 cm³/mol. The van der Waals surface area contributed by atoms with Gasteiger partial charge in [0.25, 0.3) is 0 Å². The van der Waals surface area contributed by atoms with E-state index in [0.29, 0.717) is 18.7 Å². The summed E-state index contributed by atoms with van der Waals surface area (Å²) in [6, 6.07) is 7.75. The van der Waals surface area contributed by atoms with Gasteiger partial charge in [-0.05, 0) is 31.4 Å². The van der Waals surface area contributed by atoms with Crippen molar-refractivity contribution in [3.63, 3.8) is 0 Å². The van der Waals surface area contributed by atoms with Crippen molar-refractivity contribution < 1.29 is 22.7 Å². The molecule has 2 aromatic rings. The Labute approximate surface area is 182 Å². The minimum absolute atomic E-state index is 0.00482. The third kappa shape index (κ3) is 5.13. The SMILES string of the molecule is CCCCn1nccc1NC(=O)C1CCN(S(=O)(=O)c2ccccc2C(=O)OC)CC1. The number of esters is 1. The number of aromatic nitrogens is 2. The number of methoxy groups -OCH3 is 1. The summed E-state index contributed by atoms with van der Waals surface area (Å²) >= 11 is 0. The van der Waals surface area contributed by atoms with Gasteiger partial charge in [-0.3, -0.25) is 4.79 Å². The van der Waals surface area contributed by atoms with Gasteiger partial charge >= 0.3 is 5.97 Å². The molecular formula is C21H28N4O5S. The Hall–Kier alpha value is -2.72. The van der Waals surface area contributed by atoms with Gasteiger partial charge in [0.05, 0.1) is 23.8 Å². The Balaban J connectivity index is 1.65. The number of rotatable bonds is 8. The second kappa shape index (κ2) is 10.1. The van der Waals surface area contributed by atoms with Gasteiger partial charge in [-0.25, -0.2) is 17.9 Å². The van der Waals surface area contributed by atoms with E-state index in [1.807, 2.05) is 0 Å². The number of nitrogens with one attached hydrogen (secondary N) is 1. The second-order valence-corrected chi connectivity index (χ2v) is 9.35. The number of aryl methyl sites for hydroxylation is 1. The first-order chi connectivity index (χ1) is 14.9. The first-order valence-corrected chi connectivity index (χ1v) is 11.8. The fourth-order valence-electron chi connectivity index (χ4n) is 3.62. The van der Waals surface area contributed by atoms with Crippen molar-refractivity contribution in [3.05, 3.63) is 42.1 Å². The number of piperidine rings is 1. The molecule has 0 spiro atoms. The Morgan fingerprint density at radius 2 is 1.90 bits per heavy atom. The molecule has 1 aromatic heterocycles. The molecule has 0 bridgehead atoms. The van der Waals surface area contributed by atoms with E-state index in [9.17, 15) is 18.0 Å². The van der Waals surface area contributed by atoms with E-state index < -0.39 is 16.0 Å². The van der Waals surface area contributed by atoms with Gasteiger partial charge in [-0.1, -0.05) is 25.5 Å². The summed E-state index contributed by atoms with van der Waals surface area (Å²) in [5, 5.41) is 7.15. The van der Waals surface area contributed by atoms with Crippen LogP contribution in [-0.4, -0.2) is 54.6 Å². The molecule has 1 saturated heterocycles. The number of anilines is 1. The summed E-state index contributed by atoms with van der Waals surface area (Å²) in [5.41, 5.74) is 0.00482. The minimum atomic E-state index is -3.88. The largest absolute Gasteiger partial charge is 0.465 e. The summed E-state index contributed by atoms with van der Waals surface area (Å²) in [5.74, 6) is -0.476. The van der Waals surface area contributed by atoms with E-state index in [-0.39, 0.29) is 35.4 Å².